The summed E-state index contributed by atoms with van der Waals surface area (Å²) in [6, 6.07) is 9.11. The van der Waals surface area contributed by atoms with E-state index in [1.807, 2.05) is 0 Å². The second-order valence-electron chi connectivity index (χ2n) is 5.56. The largest absolute Gasteiger partial charge is 0.0736 e. The van der Waals surface area contributed by atoms with E-state index in [9.17, 15) is 0 Å². The van der Waals surface area contributed by atoms with Crippen molar-refractivity contribution in [1.82, 2.24) is 0 Å². The lowest BCUT2D eigenvalue weighted by Gasteiger charge is -2.04. The Balaban J connectivity index is 2.03. The van der Waals surface area contributed by atoms with Crippen molar-refractivity contribution in [3.05, 3.63) is 53.1 Å². The molecule has 0 saturated heterocycles. The van der Waals surface area contributed by atoms with E-state index < -0.39 is 0 Å². The minimum Gasteiger partial charge on any atom is -0.0736 e. The molecule has 1 aromatic carbocycles. The number of rotatable bonds is 5. The lowest BCUT2D eigenvalue weighted by Crippen LogP contribution is -1.87. The normalized spacial score (nSPS) is 17.1. The SMILES string of the molecule is CC/C(C)=C/C=C(\C)c1ccc(CC2CC2)cc1. The third-order valence-corrected chi connectivity index (χ3v) is 3.81. The van der Waals surface area contributed by atoms with Crippen LogP contribution in [0.1, 0.15) is 51.2 Å². The van der Waals surface area contributed by atoms with Gasteiger partial charge in [-0.05, 0) is 62.1 Å². The van der Waals surface area contributed by atoms with Crippen LogP contribution in [0, 0.1) is 5.92 Å². The molecular formula is C18H24. The van der Waals surface area contributed by atoms with Gasteiger partial charge < -0.3 is 0 Å². The summed E-state index contributed by atoms with van der Waals surface area (Å²) in [5.74, 6) is 0.975. The highest BCUT2D eigenvalue weighted by atomic mass is 14.3. The van der Waals surface area contributed by atoms with E-state index in [4.69, 9.17) is 0 Å². The van der Waals surface area contributed by atoms with Crippen LogP contribution >= 0.6 is 0 Å². The van der Waals surface area contributed by atoms with Crippen molar-refractivity contribution >= 4 is 5.57 Å². The van der Waals surface area contributed by atoms with Gasteiger partial charge in [0.05, 0.1) is 0 Å². The molecule has 1 fully saturated rings. The van der Waals surface area contributed by atoms with Crippen LogP contribution in [0.2, 0.25) is 0 Å². The molecule has 1 aliphatic rings. The number of hydrogen-bond donors (Lipinski definition) is 0. The van der Waals surface area contributed by atoms with Gasteiger partial charge in [0, 0.05) is 0 Å². The molecule has 0 nitrogen and oxygen atoms in total. The second kappa shape index (κ2) is 6.04. The van der Waals surface area contributed by atoms with Gasteiger partial charge in [-0.15, -0.1) is 0 Å². The van der Waals surface area contributed by atoms with Crippen molar-refractivity contribution in [3.63, 3.8) is 0 Å². The average Bonchev–Trinajstić information content (AvgIpc) is 3.20. The molecule has 96 valence electrons. The van der Waals surface area contributed by atoms with E-state index in [0.717, 1.165) is 12.3 Å². The van der Waals surface area contributed by atoms with Gasteiger partial charge in [-0.1, -0.05) is 48.9 Å². The van der Waals surface area contributed by atoms with Crippen LogP contribution in [0.5, 0.6) is 0 Å². The van der Waals surface area contributed by atoms with E-state index in [1.165, 1.54) is 41.5 Å². The summed E-state index contributed by atoms with van der Waals surface area (Å²) in [5.41, 5.74) is 5.62. The first-order valence-corrected chi connectivity index (χ1v) is 7.12. The van der Waals surface area contributed by atoms with Gasteiger partial charge in [0.25, 0.3) is 0 Å². The maximum Gasteiger partial charge on any atom is -0.0227 e. The molecule has 0 N–H and O–H groups in total. The summed E-state index contributed by atoms with van der Waals surface area (Å²) in [5, 5.41) is 0. The molecule has 0 aliphatic heterocycles. The van der Waals surface area contributed by atoms with E-state index in [0.29, 0.717) is 0 Å². The van der Waals surface area contributed by atoms with Crippen molar-refractivity contribution in [2.24, 2.45) is 5.92 Å². The van der Waals surface area contributed by atoms with E-state index >= 15 is 0 Å². The molecule has 0 heteroatoms. The molecule has 1 saturated carbocycles. The number of allylic oxidation sites excluding steroid dienone is 4. The zero-order valence-corrected chi connectivity index (χ0v) is 11.9. The van der Waals surface area contributed by atoms with E-state index in [-0.39, 0.29) is 0 Å². The third-order valence-electron chi connectivity index (χ3n) is 3.81. The monoisotopic (exact) mass is 240 g/mol. The summed E-state index contributed by atoms with van der Waals surface area (Å²) in [6.45, 7) is 6.57. The highest BCUT2D eigenvalue weighted by Crippen LogP contribution is 2.32. The molecule has 1 aliphatic carbocycles. The Morgan fingerprint density at radius 2 is 1.78 bits per heavy atom. The molecule has 18 heavy (non-hydrogen) atoms. The van der Waals surface area contributed by atoms with Gasteiger partial charge in [-0.3, -0.25) is 0 Å². The van der Waals surface area contributed by atoms with Crippen LogP contribution in [-0.4, -0.2) is 0 Å². The van der Waals surface area contributed by atoms with Crippen molar-refractivity contribution < 1.29 is 0 Å². The summed E-state index contributed by atoms with van der Waals surface area (Å²) >= 11 is 0. The highest BCUT2D eigenvalue weighted by molar-refractivity contribution is 5.65. The number of benzene rings is 1. The smallest absolute Gasteiger partial charge is 0.0227 e. The van der Waals surface area contributed by atoms with Crippen LogP contribution in [0.3, 0.4) is 0 Å². The maximum absolute atomic E-state index is 2.29. The fourth-order valence-corrected chi connectivity index (χ4v) is 2.04. The van der Waals surface area contributed by atoms with Crippen LogP contribution in [0.15, 0.2) is 42.0 Å². The van der Waals surface area contributed by atoms with Crippen molar-refractivity contribution in [3.8, 4) is 0 Å². The molecule has 0 atom stereocenters. The molecule has 0 amide bonds. The molecule has 0 heterocycles. The number of hydrogen-bond acceptors (Lipinski definition) is 0. The minimum absolute atomic E-state index is 0.975. The molecule has 0 bridgehead atoms. The first-order valence-electron chi connectivity index (χ1n) is 7.12. The fourth-order valence-electron chi connectivity index (χ4n) is 2.04. The summed E-state index contributed by atoms with van der Waals surface area (Å²) in [6.07, 6.45) is 9.73. The van der Waals surface area contributed by atoms with Crippen molar-refractivity contribution in [1.29, 1.82) is 0 Å². The molecule has 0 spiro atoms. The summed E-state index contributed by atoms with van der Waals surface area (Å²) < 4.78 is 0. The molecule has 0 radical (unpaired) electrons. The second-order valence-corrected chi connectivity index (χ2v) is 5.56. The van der Waals surface area contributed by atoms with Crippen molar-refractivity contribution in [2.75, 3.05) is 0 Å². The summed E-state index contributed by atoms with van der Waals surface area (Å²) in [4.78, 5) is 0. The van der Waals surface area contributed by atoms with Gasteiger partial charge >= 0.3 is 0 Å². The predicted octanol–water partition coefficient (Wildman–Crippen LogP) is 5.40. The molecule has 2 rings (SSSR count). The van der Waals surface area contributed by atoms with Gasteiger partial charge in [-0.25, -0.2) is 0 Å². The van der Waals surface area contributed by atoms with Gasteiger partial charge in [0.15, 0.2) is 0 Å². The van der Waals surface area contributed by atoms with Crippen LogP contribution < -0.4 is 0 Å². The Labute approximate surface area is 111 Å². The molecule has 0 aromatic heterocycles. The Morgan fingerprint density at radius 1 is 1.11 bits per heavy atom. The first kappa shape index (κ1) is 13.1. The molecule has 0 unspecified atom stereocenters. The highest BCUT2D eigenvalue weighted by Gasteiger charge is 2.21. The van der Waals surface area contributed by atoms with Gasteiger partial charge in [-0.2, -0.15) is 0 Å². The van der Waals surface area contributed by atoms with E-state index in [1.54, 1.807) is 0 Å². The zero-order valence-electron chi connectivity index (χ0n) is 11.9. The molecule has 1 aromatic rings. The van der Waals surface area contributed by atoms with Crippen LogP contribution in [-0.2, 0) is 6.42 Å². The Kier molecular flexibility index (Phi) is 4.41. The Hall–Kier alpha value is -1.30. The lowest BCUT2D eigenvalue weighted by molar-refractivity contribution is 0.832. The van der Waals surface area contributed by atoms with Crippen LogP contribution in [0.4, 0.5) is 0 Å². The Bertz CT molecular complexity index is 441. The van der Waals surface area contributed by atoms with Gasteiger partial charge in [0.2, 0.25) is 0 Å². The first-order chi connectivity index (χ1) is 8.69. The Morgan fingerprint density at radius 3 is 2.33 bits per heavy atom. The standard InChI is InChI=1S/C18H24/c1-4-14(2)5-6-15(3)18-11-9-17(10-12-18)13-16-7-8-16/h5-6,9-12,16H,4,7-8,13H2,1-3H3/b14-5+,15-6+. The minimum atomic E-state index is 0.975. The van der Waals surface area contributed by atoms with E-state index in [2.05, 4.69) is 57.2 Å². The van der Waals surface area contributed by atoms with Crippen molar-refractivity contribution in [2.45, 2.75) is 46.5 Å². The third kappa shape index (κ3) is 3.87. The average molecular weight is 240 g/mol. The maximum atomic E-state index is 2.29. The topological polar surface area (TPSA) is 0 Å². The lowest BCUT2D eigenvalue weighted by atomic mass is 10.0. The zero-order chi connectivity index (χ0) is 13.0. The molecular weight excluding hydrogens is 216 g/mol. The van der Waals surface area contributed by atoms with Crippen LogP contribution in [0.25, 0.3) is 5.57 Å². The summed E-state index contributed by atoms with van der Waals surface area (Å²) in [7, 11) is 0. The van der Waals surface area contributed by atoms with Gasteiger partial charge in [0.1, 0.15) is 0 Å². The quantitative estimate of drug-likeness (QED) is 0.605. The fraction of sp³-hybridized carbons (Fsp3) is 0.444. The predicted molar refractivity (Wildman–Crippen MR) is 80.6 cm³/mol.